The summed E-state index contributed by atoms with van der Waals surface area (Å²) in [6.45, 7) is 4.63. The van der Waals surface area contributed by atoms with Gasteiger partial charge in [-0.05, 0) is 32.0 Å². The molecule has 1 heterocycles. The first kappa shape index (κ1) is 14.5. The van der Waals surface area contributed by atoms with Gasteiger partial charge in [-0.25, -0.2) is 0 Å². The van der Waals surface area contributed by atoms with Crippen molar-refractivity contribution >= 4 is 11.7 Å². The van der Waals surface area contributed by atoms with Crippen LogP contribution in [0.1, 0.15) is 41.0 Å². The fourth-order valence-electron chi connectivity index (χ4n) is 2.16. The van der Waals surface area contributed by atoms with Gasteiger partial charge >= 0.3 is 0 Å². The lowest BCUT2D eigenvalue weighted by Gasteiger charge is -2.31. The van der Waals surface area contributed by atoms with E-state index >= 15 is 0 Å². The number of carbonyl (C=O) groups is 2. The normalized spacial score (nSPS) is 16.2. The van der Waals surface area contributed by atoms with Crippen molar-refractivity contribution in [1.82, 2.24) is 5.32 Å². The van der Waals surface area contributed by atoms with E-state index in [0.29, 0.717) is 36.4 Å². The van der Waals surface area contributed by atoms with Gasteiger partial charge < -0.3 is 14.8 Å². The van der Waals surface area contributed by atoms with E-state index in [0.717, 1.165) is 0 Å². The number of amides is 1. The molecule has 2 rings (SSSR count). The number of hydrogen-bond donors (Lipinski definition) is 1. The molecule has 5 nitrogen and oxygen atoms in total. The summed E-state index contributed by atoms with van der Waals surface area (Å²) >= 11 is 0. The Balaban J connectivity index is 2.18. The van der Waals surface area contributed by atoms with Crippen LogP contribution in [0.5, 0.6) is 5.75 Å². The molecule has 0 aliphatic carbocycles. The van der Waals surface area contributed by atoms with E-state index in [2.05, 4.69) is 5.32 Å². The maximum absolute atomic E-state index is 12.1. The van der Waals surface area contributed by atoms with E-state index in [4.69, 9.17) is 9.47 Å². The SMILES string of the molecule is COCCNC(=O)c1ccc2c(c1)C(=O)CC(C)(C)O2. The van der Waals surface area contributed by atoms with Crippen LogP contribution in [-0.4, -0.2) is 37.6 Å². The highest BCUT2D eigenvalue weighted by Crippen LogP contribution is 2.33. The second-order valence-corrected chi connectivity index (χ2v) is 5.42. The van der Waals surface area contributed by atoms with E-state index < -0.39 is 5.60 Å². The first-order valence-electron chi connectivity index (χ1n) is 6.56. The Morgan fingerprint density at radius 2 is 2.20 bits per heavy atom. The fourth-order valence-corrected chi connectivity index (χ4v) is 2.16. The monoisotopic (exact) mass is 277 g/mol. The van der Waals surface area contributed by atoms with Gasteiger partial charge in [0.1, 0.15) is 11.4 Å². The van der Waals surface area contributed by atoms with E-state index in [9.17, 15) is 9.59 Å². The lowest BCUT2D eigenvalue weighted by atomic mass is 9.92. The molecule has 0 radical (unpaired) electrons. The summed E-state index contributed by atoms with van der Waals surface area (Å²) in [7, 11) is 1.57. The number of methoxy groups -OCH3 is 1. The van der Waals surface area contributed by atoms with Crippen molar-refractivity contribution in [3.63, 3.8) is 0 Å². The van der Waals surface area contributed by atoms with Crippen molar-refractivity contribution < 1.29 is 19.1 Å². The maximum atomic E-state index is 12.1. The molecule has 0 unspecified atom stereocenters. The van der Waals surface area contributed by atoms with Crippen LogP contribution in [0.15, 0.2) is 18.2 Å². The molecule has 0 spiro atoms. The minimum Gasteiger partial charge on any atom is -0.487 e. The highest BCUT2D eigenvalue weighted by atomic mass is 16.5. The molecule has 108 valence electrons. The summed E-state index contributed by atoms with van der Waals surface area (Å²) in [5, 5.41) is 2.72. The summed E-state index contributed by atoms with van der Waals surface area (Å²) < 4.78 is 10.6. The largest absolute Gasteiger partial charge is 0.487 e. The third-order valence-electron chi connectivity index (χ3n) is 3.11. The molecule has 1 amide bonds. The smallest absolute Gasteiger partial charge is 0.251 e. The molecule has 20 heavy (non-hydrogen) atoms. The first-order valence-corrected chi connectivity index (χ1v) is 6.56. The summed E-state index contributed by atoms with van der Waals surface area (Å²) in [6, 6.07) is 4.93. The Morgan fingerprint density at radius 1 is 1.45 bits per heavy atom. The van der Waals surface area contributed by atoms with Crippen LogP contribution < -0.4 is 10.1 Å². The molecule has 0 bridgehead atoms. The van der Waals surface area contributed by atoms with Crippen LogP contribution in [0.25, 0.3) is 0 Å². The zero-order chi connectivity index (χ0) is 14.8. The number of ether oxygens (including phenoxy) is 2. The Kier molecular flexibility index (Phi) is 4.09. The predicted octanol–water partition coefficient (Wildman–Crippen LogP) is 1.81. The molecule has 1 N–H and O–H groups in total. The molecule has 1 aliphatic heterocycles. The van der Waals surface area contributed by atoms with Gasteiger partial charge in [0.2, 0.25) is 0 Å². The van der Waals surface area contributed by atoms with Crippen molar-refractivity contribution in [2.45, 2.75) is 25.9 Å². The summed E-state index contributed by atoms with van der Waals surface area (Å²) in [5.41, 5.74) is 0.437. The van der Waals surface area contributed by atoms with Gasteiger partial charge in [-0.15, -0.1) is 0 Å². The van der Waals surface area contributed by atoms with Crippen molar-refractivity contribution in [1.29, 1.82) is 0 Å². The van der Waals surface area contributed by atoms with Gasteiger partial charge in [0, 0.05) is 19.2 Å². The predicted molar refractivity (Wildman–Crippen MR) is 74.3 cm³/mol. The number of hydrogen-bond acceptors (Lipinski definition) is 4. The average Bonchev–Trinajstić information content (AvgIpc) is 2.37. The van der Waals surface area contributed by atoms with Gasteiger partial charge in [-0.2, -0.15) is 0 Å². The standard InChI is InChI=1S/C15H19NO4/c1-15(2)9-12(17)11-8-10(4-5-13(11)20-15)14(18)16-6-7-19-3/h4-5,8H,6-7,9H2,1-3H3,(H,16,18). The van der Waals surface area contributed by atoms with E-state index in [1.165, 1.54) is 0 Å². The zero-order valence-electron chi connectivity index (χ0n) is 12.0. The van der Waals surface area contributed by atoms with Crippen LogP contribution >= 0.6 is 0 Å². The summed E-state index contributed by atoms with van der Waals surface area (Å²) in [6.07, 6.45) is 0.314. The van der Waals surface area contributed by atoms with Gasteiger partial charge in [0.25, 0.3) is 5.91 Å². The number of rotatable bonds is 4. The third kappa shape index (κ3) is 3.17. The molecular weight excluding hydrogens is 258 g/mol. The van der Waals surface area contributed by atoms with E-state index in [-0.39, 0.29) is 11.7 Å². The Hall–Kier alpha value is -1.88. The minimum absolute atomic E-state index is 0.00258. The molecule has 0 aromatic heterocycles. The Bertz CT molecular complexity index is 537. The fraction of sp³-hybridized carbons (Fsp3) is 0.467. The van der Waals surface area contributed by atoms with Crippen molar-refractivity contribution in [2.24, 2.45) is 0 Å². The Morgan fingerprint density at radius 3 is 2.90 bits per heavy atom. The van der Waals surface area contributed by atoms with Crippen LogP contribution in [0.3, 0.4) is 0 Å². The van der Waals surface area contributed by atoms with Crippen LogP contribution in [0.2, 0.25) is 0 Å². The molecule has 0 atom stereocenters. The van der Waals surface area contributed by atoms with Gasteiger partial charge in [-0.3, -0.25) is 9.59 Å². The van der Waals surface area contributed by atoms with E-state index in [1.807, 2.05) is 13.8 Å². The molecule has 0 fully saturated rings. The molecule has 5 heteroatoms. The van der Waals surface area contributed by atoms with Crippen molar-refractivity contribution in [3.8, 4) is 5.75 Å². The van der Waals surface area contributed by atoms with Gasteiger partial charge in [-0.1, -0.05) is 0 Å². The highest BCUT2D eigenvalue weighted by molar-refractivity contribution is 6.03. The van der Waals surface area contributed by atoms with Gasteiger partial charge in [0.05, 0.1) is 18.6 Å². The van der Waals surface area contributed by atoms with Crippen molar-refractivity contribution in [3.05, 3.63) is 29.3 Å². The number of carbonyl (C=O) groups excluding carboxylic acids is 2. The molecule has 0 saturated carbocycles. The third-order valence-corrected chi connectivity index (χ3v) is 3.11. The number of ketones is 1. The highest BCUT2D eigenvalue weighted by Gasteiger charge is 2.32. The van der Waals surface area contributed by atoms with Crippen LogP contribution in [-0.2, 0) is 4.74 Å². The first-order chi connectivity index (χ1) is 9.43. The summed E-state index contributed by atoms with van der Waals surface area (Å²) in [4.78, 5) is 24.0. The number of Topliss-reactive ketones (excluding diaryl/α,β-unsaturated/α-hetero) is 1. The van der Waals surface area contributed by atoms with Crippen LogP contribution in [0, 0.1) is 0 Å². The average molecular weight is 277 g/mol. The lowest BCUT2D eigenvalue weighted by molar-refractivity contribution is 0.0620. The second kappa shape index (κ2) is 5.63. The molecule has 0 saturated heterocycles. The molecule has 1 aliphatic rings. The second-order valence-electron chi connectivity index (χ2n) is 5.42. The van der Waals surface area contributed by atoms with Crippen molar-refractivity contribution in [2.75, 3.05) is 20.3 Å². The van der Waals surface area contributed by atoms with Gasteiger partial charge in [0.15, 0.2) is 5.78 Å². The summed E-state index contributed by atoms with van der Waals surface area (Å²) in [5.74, 6) is 0.324. The molecular formula is C15H19NO4. The molecule has 1 aromatic carbocycles. The number of nitrogens with one attached hydrogen (secondary N) is 1. The Labute approximate surface area is 118 Å². The minimum atomic E-state index is -0.494. The number of benzene rings is 1. The number of fused-ring (bicyclic) bond motifs is 1. The topological polar surface area (TPSA) is 64.6 Å². The quantitative estimate of drug-likeness (QED) is 0.852. The van der Waals surface area contributed by atoms with E-state index in [1.54, 1.807) is 25.3 Å². The van der Waals surface area contributed by atoms with Crippen LogP contribution in [0.4, 0.5) is 0 Å². The molecule has 1 aromatic rings. The lowest BCUT2D eigenvalue weighted by Crippen LogP contribution is -2.36. The maximum Gasteiger partial charge on any atom is 0.251 e. The zero-order valence-corrected chi connectivity index (χ0v) is 12.0.